The van der Waals surface area contributed by atoms with Gasteiger partial charge in [-0.1, -0.05) is 0 Å². The largest absolute Gasteiger partial charge is 0.330 e. The van der Waals surface area contributed by atoms with Crippen molar-refractivity contribution >= 4 is 11.3 Å². The molecular formula is C10H13N3S. The lowest BCUT2D eigenvalue weighted by Gasteiger charge is -2.01. The molecule has 0 unspecified atom stereocenters. The molecule has 0 spiro atoms. The molecule has 3 nitrogen and oxygen atoms in total. The van der Waals surface area contributed by atoms with Gasteiger partial charge in [-0.25, -0.2) is 4.98 Å². The maximum absolute atomic E-state index is 5.56. The van der Waals surface area contributed by atoms with Crippen molar-refractivity contribution < 1.29 is 0 Å². The third kappa shape index (κ3) is 1.86. The molecule has 0 amide bonds. The molecule has 0 aliphatic carbocycles. The van der Waals surface area contributed by atoms with E-state index in [9.17, 15) is 0 Å². The van der Waals surface area contributed by atoms with Gasteiger partial charge >= 0.3 is 0 Å². The van der Waals surface area contributed by atoms with Gasteiger partial charge in [-0.3, -0.25) is 0 Å². The van der Waals surface area contributed by atoms with E-state index in [0.29, 0.717) is 6.54 Å². The van der Waals surface area contributed by atoms with Crippen molar-refractivity contribution in [3.63, 3.8) is 0 Å². The summed E-state index contributed by atoms with van der Waals surface area (Å²) in [6.45, 7) is 3.54. The van der Waals surface area contributed by atoms with Crippen molar-refractivity contribution in [3.8, 4) is 0 Å². The zero-order valence-electron chi connectivity index (χ0n) is 8.10. The second kappa shape index (κ2) is 3.94. The molecule has 2 aromatic heterocycles. The van der Waals surface area contributed by atoms with Gasteiger partial charge in [0.2, 0.25) is 0 Å². The normalized spacial score (nSPS) is 10.7. The Morgan fingerprint density at radius 3 is 2.79 bits per heavy atom. The van der Waals surface area contributed by atoms with Crippen molar-refractivity contribution in [2.24, 2.45) is 5.73 Å². The quantitative estimate of drug-likeness (QED) is 0.833. The molecule has 0 aliphatic heterocycles. The van der Waals surface area contributed by atoms with Crippen LogP contribution in [-0.2, 0) is 13.1 Å². The fourth-order valence-corrected chi connectivity index (χ4v) is 2.25. The van der Waals surface area contributed by atoms with Crippen molar-refractivity contribution in [1.29, 1.82) is 0 Å². The summed E-state index contributed by atoms with van der Waals surface area (Å²) >= 11 is 1.77. The van der Waals surface area contributed by atoms with Crippen molar-refractivity contribution in [2.75, 3.05) is 0 Å². The van der Waals surface area contributed by atoms with Crippen LogP contribution in [0.25, 0.3) is 0 Å². The third-order valence-electron chi connectivity index (χ3n) is 2.17. The van der Waals surface area contributed by atoms with E-state index >= 15 is 0 Å². The molecule has 14 heavy (non-hydrogen) atoms. The van der Waals surface area contributed by atoms with E-state index in [2.05, 4.69) is 21.7 Å². The van der Waals surface area contributed by atoms with E-state index in [4.69, 9.17) is 5.73 Å². The Bertz CT molecular complexity index is 416. The highest BCUT2D eigenvalue weighted by atomic mass is 32.1. The first-order valence-electron chi connectivity index (χ1n) is 4.55. The summed E-state index contributed by atoms with van der Waals surface area (Å²) in [5.74, 6) is 1.05. The number of imidazole rings is 1. The highest BCUT2D eigenvalue weighted by Crippen LogP contribution is 2.17. The lowest BCUT2D eigenvalue weighted by molar-refractivity contribution is 0.772. The maximum atomic E-state index is 5.56. The van der Waals surface area contributed by atoms with Crippen LogP contribution in [-0.4, -0.2) is 9.55 Å². The standard InChI is InChI=1S/C10H13N3S/c1-8-12-4-5-13(8)7-10-3-2-9(6-11)14-10/h2-5H,6-7,11H2,1H3. The number of hydrogen-bond acceptors (Lipinski definition) is 3. The number of aryl methyl sites for hydroxylation is 1. The zero-order chi connectivity index (χ0) is 9.97. The van der Waals surface area contributed by atoms with Gasteiger partial charge in [0.1, 0.15) is 5.82 Å². The summed E-state index contributed by atoms with van der Waals surface area (Å²) < 4.78 is 2.13. The van der Waals surface area contributed by atoms with Gasteiger partial charge in [0.15, 0.2) is 0 Å². The van der Waals surface area contributed by atoms with Crippen LogP contribution >= 0.6 is 11.3 Å². The maximum Gasteiger partial charge on any atom is 0.105 e. The predicted molar refractivity (Wildman–Crippen MR) is 58.3 cm³/mol. The van der Waals surface area contributed by atoms with Gasteiger partial charge in [-0.2, -0.15) is 0 Å². The number of rotatable bonds is 3. The lowest BCUT2D eigenvalue weighted by atomic mass is 10.4. The van der Waals surface area contributed by atoms with Gasteiger partial charge in [-0.05, 0) is 19.1 Å². The third-order valence-corrected chi connectivity index (χ3v) is 3.26. The van der Waals surface area contributed by atoms with Crippen LogP contribution < -0.4 is 5.73 Å². The minimum atomic E-state index is 0.633. The minimum Gasteiger partial charge on any atom is -0.330 e. The Hall–Kier alpha value is -1.13. The molecule has 0 atom stereocenters. The second-order valence-corrected chi connectivity index (χ2v) is 4.43. The summed E-state index contributed by atoms with van der Waals surface area (Å²) in [5.41, 5.74) is 5.56. The van der Waals surface area contributed by atoms with E-state index in [1.807, 2.05) is 19.3 Å². The van der Waals surface area contributed by atoms with Crippen LogP contribution in [0.15, 0.2) is 24.5 Å². The Labute approximate surface area is 87.2 Å². The molecule has 2 heterocycles. The van der Waals surface area contributed by atoms with Crippen molar-refractivity contribution in [2.45, 2.75) is 20.0 Å². The van der Waals surface area contributed by atoms with E-state index in [1.54, 1.807) is 11.3 Å². The Balaban J connectivity index is 2.15. The second-order valence-electron chi connectivity index (χ2n) is 3.17. The first kappa shape index (κ1) is 9.43. The van der Waals surface area contributed by atoms with Crippen molar-refractivity contribution in [1.82, 2.24) is 9.55 Å². The van der Waals surface area contributed by atoms with Crippen LogP contribution in [0.3, 0.4) is 0 Å². The van der Waals surface area contributed by atoms with Gasteiger partial charge in [0, 0.05) is 28.7 Å². The molecule has 0 aromatic carbocycles. The number of thiophene rings is 1. The van der Waals surface area contributed by atoms with Crippen LogP contribution in [0.1, 0.15) is 15.6 Å². The van der Waals surface area contributed by atoms with E-state index in [1.165, 1.54) is 9.75 Å². The van der Waals surface area contributed by atoms with Crippen LogP contribution in [0.2, 0.25) is 0 Å². The Kier molecular flexibility index (Phi) is 2.65. The molecule has 0 saturated carbocycles. The summed E-state index contributed by atoms with van der Waals surface area (Å²) in [6.07, 6.45) is 3.82. The van der Waals surface area contributed by atoms with Crippen LogP contribution in [0, 0.1) is 6.92 Å². The highest BCUT2D eigenvalue weighted by molar-refractivity contribution is 7.11. The van der Waals surface area contributed by atoms with Crippen LogP contribution in [0.4, 0.5) is 0 Å². The van der Waals surface area contributed by atoms with E-state index < -0.39 is 0 Å². The molecular weight excluding hydrogens is 194 g/mol. The topological polar surface area (TPSA) is 43.8 Å². The average molecular weight is 207 g/mol. The molecule has 4 heteroatoms. The lowest BCUT2D eigenvalue weighted by Crippen LogP contribution is -1.98. The molecule has 0 fully saturated rings. The monoisotopic (exact) mass is 207 g/mol. The molecule has 2 N–H and O–H groups in total. The number of hydrogen-bond donors (Lipinski definition) is 1. The first-order chi connectivity index (χ1) is 6.79. The summed E-state index contributed by atoms with van der Waals surface area (Å²) in [7, 11) is 0. The molecule has 0 saturated heterocycles. The number of nitrogens with zero attached hydrogens (tertiary/aromatic N) is 2. The van der Waals surface area contributed by atoms with Crippen LogP contribution in [0.5, 0.6) is 0 Å². The molecule has 2 aromatic rings. The van der Waals surface area contributed by atoms with Gasteiger partial charge in [0.25, 0.3) is 0 Å². The van der Waals surface area contributed by atoms with Gasteiger partial charge in [0.05, 0.1) is 6.54 Å². The predicted octanol–water partition coefficient (Wildman–Crippen LogP) is 1.76. The first-order valence-corrected chi connectivity index (χ1v) is 5.36. The van der Waals surface area contributed by atoms with E-state index in [0.717, 1.165) is 12.4 Å². The molecule has 0 aliphatic rings. The SMILES string of the molecule is Cc1nccn1Cc1ccc(CN)s1. The Morgan fingerprint density at radius 2 is 2.21 bits per heavy atom. The van der Waals surface area contributed by atoms with E-state index in [-0.39, 0.29) is 0 Å². The molecule has 0 bridgehead atoms. The number of nitrogens with two attached hydrogens (primary N) is 1. The van der Waals surface area contributed by atoms with Gasteiger partial charge < -0.3 is 10.3 Å². The smallest absolute Gasteiger partial charge is 0.105 e. The van der Waals surface area contributed by atoms with Crippen molar-refractivity contribution in [3.05, 3.63) is 40.1 Å². The summed E-state index contributed by atoms with van der Waals surface area (Å²) in [5, 5.41) is 0. The summed E-state index contributed by atoms with van der Waals surface area (Å²) in [6, 6.07) is 4.22. The molecule has 0 radical (unpaired) electrons. The molecule has 74 valence electrons. The minimum absolute atomic E-state index is 0.633. The summed E-state index contributed by atoms with van der Waals surface area (Å²) in [4.78, 5) is 6.74. The Morgan fingerprint density at radius 1 is 1.43 bits per heavy atom. The molecule has 2 rings (SSSR count). The fraction of sp³-hybridized carbons (Fsp3) is 0.300. The van der Waals surface area contributed by atoms with Gasteiger partial charge in [-0.15, -0.1) is 11.3 Å². The average Bonchev–Trinajstić information content (AvgIpc) is 2.77. The number of aromatic nitrogens is 2. The zero-order valence-corrected chi connectivity index (χ0v) is 8.92. The fourth-order valence-electron chi connectivity index (χ4n) is 1.36. The highest BCUT2D eigenvalue weighted by Gasteiger charge is 2.01.